The SMILES string of the molecule is CNCc1nc(C)ccc1OCc1c(F)cccc1Cl. The van der Waals surface area contributed by atoms with Gasteiger partial charge in [-0.2, -0.15) is 0 Å². The van der Waals surface area contributed by atoms with Gasteiger partial charge in [0.2, 0.25) is 0 Å². The number of aryl methyl sites for hydroxylation is 1. The number of rotatable bonds is 5. The van der Waals surface area contributed by atoms with Crippen molar-refractivity contribution < 1.29 is 9.13 Å². The van der Waals surface area contributed by atoms with Gasteiger partial charge in [0, 0.05) is 17.8 Å². The summed E-state index contributed by atoms with van der Waals surface area (Å²) < 4.78 is 19.3. The Balaban J connectivity index is 2.18. The van der Waals surface area contributed by atoms with Gasteiger partial charge in [-0.15, -0.1) is 0 Å². The van der Waals surface area contributed by atoms with Crippen LogP contribution in [0, 0.1) is 12.7 Å². The molecule has 106 valence electrons. The summed E-state index contributed by atoms with van der Waals surface area (Å²) >= 11 is 5.97. The molecule has 0 amide bonds. The normalized spacial score (nSPS) is 10.6. The zero-order valence-electron chi connectivity index (χ0n) is 11.4. The number of nitrogens with one attached hydrogen (secondary N) is 1. The zero-order chi connectivity index (χ0) is 14.5. The number of benzene rings is 1. The molecule has 0 saturated heterocycles. The van der Waals surface area contributed by atoms with Crippen LogP contribution in [0.15, 0.2) is 30.3 Å². The van der Waals surface area contributed by atoms with Gasteiger partial charge in [0.25, 0.3) is 0 Å². The third kappa shape index (κ3) is 3.46. The lowest BCUT2D eigenvalue weighted by Gasteiger charge is -2.12. The fourth-order valence-corrected chi connectivity index (χ4v) is 2.06. The first kappa shape index (κ1) is 14.8. The molecule has 1 heterocycles. The molecule has 0 saturated carbocycles. The summed E-state index contributed by atoms with van der Waals surface area (Å²) in [6, 6.07) is 8.28. The number of hydrogen-bond donors (Lipinski definition) is 1. The van der Waals surface area contributed by atoms with Crippen molar-refractivity contribution in [1.82, 2.24) is 10.3 Å². The summed E-state index contributed by atoms with van der Waals surface area (Å²) in [5.74, 6) is 0.261. The highest BCUT2D eigenvalue weighted by molar-refractivity contribution is 6.31. The first-order valence-electron chi connectivity index (χ1n) is 6.28. The van der Waals surface area contributed by atoms with E-state index in [0.717, 1.165) is 11.4 Å². The smallest absolute Gasteiger partial charge is 0.142 e. The van der Waals surface area contributed by atoms with Crippen molar-refractivity contribution >= 4 is 11.6 Å². The first-order chi connectivity index (χ1) is 9.61. The highest BCUT2D eigenvalue weighted by atomic mass is 35.5. The van der Waals surface area contributed by atoms with Gasteiger partial charge in [-0.1, -0.05) is 17.7 Å². The van der Waals surface area contributed by atoms with Gasteiger partial charge in [-0.05, 0) is 38.2 Å². The predicted octanol–water partition coefficient (Wildman–Crippen LogP) is 3.48. The van der Waals surface area contributed by atoms with Gasteiger partial charge < -0.3 is 10.1 Å². The van der Waals surface area contributed by atoms with Crippen molar-refractivity contribution in [3.63, 3.8) is 0 Å². The molecule has 0 radical (unpaired) electrons. The molecule has 0 aliphatic carbocycles. The van der Waals surface area contributed by atoms with E-state index in [0.29, 0.717) is 22.9 Å². The molecule has 2 rings (SSSR count). The first-order valence-corrected chi connectivity index (χ1v) is 6.66. The number of nitrogens with zero attached hydrogens (tertiary/aromatic N) is 1. The molecule has 1 aromatic carbocycles. The van der Waals surface area contributed by atoms with Crippen molar-refractivity contribution in [1.29, 1.82) is 0 Å². The zero-order valence-corrected chi connectivity index (χ0v) is 12.2. The lowest BCUT2D eigenvalue weighted by atomic mass is 10.2. The van der Waals surface area contributed by atoms with E-state index in [4.69, 9.17) is 16.3 Å². The van der Waals surface area contributed by atoms with Crippen molar-refractivity contribution in [3.05, 3.63) is 58.1 Å². The minimum absolute atomic E-state index is 0.0764. The second kappa shape index (κ2) is 6.68. The molecule has 0 unspecified atom stereocenters. The lowest BCUT2D eigenvalue weighted by molar-refractivity contribution is 0.294. The van der Waals surface area contributed by atoms with Crippen LogP contribution in [-0.2, 0) is 13.2 Å². The average Bonchev–Trinajstić information content (AvgIpc) is 2.40. The third-order valence-corrected chi connectivity index (χ3v) is 3.20. The van der Waals surface area contributed by atoms with Crippen LogP contribution in [0.2, 0.25) is 5.02 Å². The van der Waals surface area contributed by atoms with Crippen LogP contribution < -0.4 is 10.1 Å². The van der Waals surface area contributed by atoms with Gasteiger partial charge in [0.15, 0.2) is 0 Å². The van der Waals surface area contributed by atoms with Crippen LogP contribution >= 0.6 is 11.6 Å². The van der Waals surface area contributed by atoms with Crippen molar-refractivity contribution in [2.45, 2.75) is 20.1 Å². The Hall–Kier alpha value is -1.65. The van der Waals surface area contributed by atoms with E-state index in [-0.39, 0.29) is 12.4 Å². The standard InChI is InChI=1S/C15H16ClFN2O/c1-10-6-7-15(14(19-10)8-18-2)20-9-11-12(16)4-3-5-13(11)17/h3-7,18H,8-9H2,1-2H3. The Morgan fingerprint density at radius 3 is 2.80 bits per heavy atom. The average molecular weight is 295 g/mol. The highest BCUT2D eigenvalue weighted by Crippen LogP contribution is 2.23. The van der Waals surface area contributed by atoms with E-state index in [9.17, 15) is 4.39 Å². The molecule has 20 heavy (non-hydrogen) atoms. The molecule has 1 aromatic heterocycles. The molecule has 5 heteroatoms. The molecule has 0 bridgehead atoms. The molecule has 0 spiro atoms. The van der Waals surface area contributed by atoms with Crippen LogP contribution in [0.3, 0.4) is 0 Å². The van der Waals surface area contributed by atoms with E-state index in [2.05, 4.69) is 10.3 Å². The maximum atomic E-state index is 13.7. The molecule has 0 fully saturated rings. The Bertz CT molecular complexity index is 584. The summed E-state index contributed by atoms with van der Waals surface area (Å²) in [4.78, 5) is 4.41. The summed E-state index contributed by atoms with van der Waals surface area (Å²) in [6.45, 7) is 2.58. The quantitative estimate of drug-likeness (QED) is 0.917. The number of hydrogen-bond acceptors (Lipinski definition) is 3. The maximum absolute atomic E-state index is 13.7. The number of pyridine rings is 1. The van der Waals surface area contributed by atoms with Gasteiger partial charge in [0.1, 0.15) is 18.2 Å². The van der Waals surface area contributed by atoms with E-state index in [1.165, 1.54) is 6.07 Å². The van der Waals surface area contributed by atoms with Crippen LogP contribution in [0.5, 0.6) is 5.75 Å². The fraction of sp³-hybridized carbons (Fsp3) is 0.267. The van der Waals surface area contributed by atoms with Crippen LogP contribution in [0.1, 0.15) is 17.0 Å². The van der Waals surface area contributed by atoms with E-state index >= 15 is 0 Å². The van der Waals surface area contributed by atoms with Crippen molar-refractivity contribution in [2.75, 3.05) is 7.05 Å². The summed E-state index contributed by atoms with van der Waals surface area (Å²) in [6.07, 6.45) is 0. The Morgan fingerprint density at radius 1 is 1.30 bits per heavy atom. The minimum Gasteiger partial charge on any atom is -0.487 e. The summed E-state index contributed by atoms with van der Waals surface area (Å²) in [7, 11) is 1.83. The maximum Gasteiger partial charge on any atom is 0.142 e. The monoisotopic (exact) mass is 294 g/mol. The van der Waals surface area contributed by atoms with Crippen LogP contribution in [0.4, 0.5) is 4.39 Å². The number of ether oxygens (including phenoxy) is 1. The molecule has 0 aliphatic rings. The molecule has 3 nitrogen and oxygen atoms in total. The second-order valence-electron chi connectivity index (χ2n) is 4.42. The Labute approximate surface area is 122 Å². The van der Waals surface area contributed by atoms with Gasteiger partial charge in [-0.3, -0.25) is 4.98 Å². The van der Waals surface area contributed by atoms with E-state index in [1.54, 1.807) is 12.1 Å². The van der Waals surface area contributed by atoms with Gasteiger partial charge in [-0.25, -0.2) is 4.39 Å². The molecule has 2 aromatic rings. The van der Waals surface area contributed by atoms with Crippen LogP contribution in [-0.4, -0.2) is 12.0 Å². The van der Waals surface area contributed by atoms with E-state index in [1.807, 2.05) is 26.1 Å². The van der Waals surface area contributed by atoms with Gasteiger partial charge >= 0.3 is 0 Å². The van der Waals surface area contributed by atoms with E-state index < -0.39 is 0 Å². The second-order valence-corrected chi connectivity index (χ2v) is 4.82. The molecule has 0 aliphatic heterocycles. The predicted molar refractivity (Wildman–Crippen MR) is 77.5 cm³/mol. The highest BCUT2D eigenvalue weighted by Gasteiger charge is 2.10. The summed E-state index contributed by atoms with van der Waals surface area (Å²) in [5, 5.41) is 3.39. The molecule has 0 atom stereocenters. The minimum atomic E-state index is -0.368. The Kier molecular flexibility index (Phi) is 4.93. The topological polar surface area (TPSA) is 34.2 Å². The van der Waals surface area contributed by atoms with Crippen molar-refractivity contribution in [2.24, 2.45) is 0 Å². The third-order valence-electron chi connectivity index (χ3n) is 2.85. The molecule has 1 N–H and O–H groups in total. The van der Waals surface area contributed by atoms with Crippen LogP contribution in [0.25, 0.3) is 0 Å². The largest absolute Gasteiger partial charge is 0.487 e. The summed E-state index contributed by atoms with van der Waals surface area (Å²) in [5.41, 5.74) is 2.05. The Morgan fingerprint density at radius 2 is 2.10 bits per heavy atom. The van der Waals surface area contributed by atoms with Gasteiger partial charge in [0.05, 0.1) is 10.7 Å². The molecular formula is C15H16ClFN2O. The number of halogens is 2. The lowest BCUT2D eigenvalue weighted by Crippen LogP contribution is -2.10. The van der Waals surface area contributed by atoms with Crippen molar-refractivity contribution in [3.8, 4) is 5.75 Å². The number of aromatic nitrogens is 1. The fourth-order valence-electron chi connectivity index (χ4n) is 1.84. The molecular weight excluding hydrogens is 279 g/mol.